The van der Waals surface area contributed by atoms with Crippen molar-refractivity contribution < 1.29 is 26.4 Å². The molecular weight excluding hydrogens is 307 g/mol. The molecule has 0 aromatic heterocycles. The number of hydrogen-bond acceptors (Lipinski definition) is 4. The Morgan fingerprint density at radius 3 is 2.24 bits per heavy atom. The van der Waals surface area contributed by atoms with Crippen molar-refractivity contribution in [2.75, 3.05) is 18.0 Å². The average molecular weight is 321 g/mol. The zero-order chi connectivity index (χ0) is 15.7. The highest BCUT2D eigenvalue weighted by molar-refractivity contribution is 7.92. The van der Waals surface area contributed by atoms with Crippen LogP contribution in [0.1, 0.15) is 12.8 Å². The van der Waals surface area contributed by atoms with Gasteiger partial charge in [-0.15, -0.1) is 0 Å². The van der Waals surface area contributed by atoms with E-state index < -0.39 is 20.2 Å². The molecule has 1 aliphatic rings. The number of alkyl halides is 3. The zero-order valence-electron chi connectivity index (χ0n) is 11.0. The van der Waals surface area contributed by atoms with E-state index in [0.29, 0.717) is 25.9 Å². The van der Waals surface area contributed by atoms with Crippen LogP contribution in [0.5, 0.6) is 0 Å². The topological polar surface area (TPSA) is 54.5 Å². The molecule has 21 heavy (non-hydrogen) atoms. The van der Waals surface area contributed by atoms with Gasteiger partial charge >= 0.3 is 5.51 Å². The Balaban J connectivity index is 2.37. The largest absolute Gasteiger partial charge is 0.501 e. The Kier molecular flexibility index (Phi) is 4.27. The van der Waals surface area contributed by atoms with Crippen LogP contribution in [0.15, 0.2) is 29.2 Å². The smallest absolute Gasteiger partial charge is 0.370 e. The van der Waals surface area contributed by atoms with Crippen LogP contribution >= 0.6 is 0 Å². The first-order valence-electron chi connectivity index (χ1n) is 6.38. The lowest BCUT2D eigenvalue weighted by molar-refractivity contribution is -0.111. The number of benzene rings is 1. The molecule has 0 saturated carbocycles. The van der Waals surface area contributed by atoms with Crippen molar-refractivity contribution in [3.05, 3.63) is 24.3 Å². The molecule has 2 rings (SSSR count). The van der Waals surface area contributed by atoms with Gasteiger partial charge in [-0.1, -0.05) is 12.1 Å². The molecule has 4 nitrogen and oxygen atoms in total. The molecule has 8 heteroatoms. The first-order valence-corrected chi connectivity index (χ1v) is 7.86. The second-order valence-corrected chi connectivity index (χ2v) is 6.79. The molecule has 0 radical (unpaired) electrons. The summed E-state index contributed by atoms with van der Waals surface area (Å²) in [6, 6.07) is 5.08. The summed E-state index contributed by atoms with van der Waals surface area (Å²) in [5.41, 5.74) is -5.29. The lowest BCUT2D eigenvalue weighted by atomic mass is 9.98. The highest BCUT2D eigenvalue weighted by Gasteiger charge is 2.48. The van der Waals surface area contributed by atoms with Gasteiger partial charge in [0.1, 0.15) is 6.29 Å². The molecule has 0 N–H and O–H groups in total. The predicted octanol–water partition coefficient (Wildman–Crippen LogP) is 2.40. The van der Waals surface area contributed by atoms with Crippen molar-refractivity contribution >= 4 is 21.8 Å². The molecule has 116 valence electrons. The molecule has 1 saturated heterocycles. The average Bonchev–Trinajstić information content (AvgIpc) is 2.46. The van der Waals surface area contributed by atoms with Crippen molar-refractivity contribution in [3.63, 3.8) is 0 Å². The molecule has 1 aromatic carbocycles. The standard InChI is InChI=1S/C13H14F3NO3S/c14-13(15,16)21(19,20)12-4-2-1-3-11(12)17-7-5-10(9-18)6-8-17/h1-4,9-10H,5-8H2. The first-order chi connectivity index (χ1) is 9.77. The van der Waals surface area contributed by atoms with Gasteiger partial charge in [-0.3, -0.25) is 0 Å². The summed E-state index contributed by atoms with van der Waals surface area (Å²) in [5, 5.41) is 0. The summed E-state index contributed by atoms with van der Waals surface area (Å²) >= 11 is 0. The van der Waals surface area contributed by atoms with Gasteiger partial charge in [0.2, 0.25) is 0 Å². The van der Waals surface area contributed by atoms with Gasteiger partial charge in [-0.05, 0) is 25.0 Å². The van der Waals surface area contributed by atoms with Crippen LogP contribution in [0.2, 0.25) is 0 Å². The van der Waals surface area contributed by atoms with Gasteiger partial charge in [0.25, 0.3) is 9.84 Å². The van der Waals surface area contributed by atoms with Crippen molar-refractivity contribution in [2.24, 2.45) is 5.92 Å². The van der Waals surface area contributed by atoms with Crippen LogP contribution in [0.3, 0.4) is 0 Å². The number of carbonyl (C=O) groups is 1. The predicted molar refractivity (Wildman–Crippen MR) is 70.7 cm³/mol. The van der Waals surface area contributed by atoms with Gasteiger partial charge in [0, 0.05) is 19.0 Å². The fourth-order valence-corrected chi connectivity index (χ4v) is 3.33. The minimum atomic E-state index is -5.39. The first kappa shape index (κ1) is 15.8. The third-order valence-corrected chi connectivity index (χ3v) is 5.07. The highest BCUT2D eigenvalue weighted by atomic mass is 32.2. The molecular formula is C13H14F3NO3S. The van der Waals surface area contributed by atoms with Crippen LogP contribution in [0.4, 0.5) is 18.9 Å². The Bertz CT molecular complexity index is 620. The molecule has 0 aliphatic carbocycles. The maximum atomic E-state index is 12.7. The Morgan fingerprint density at radius 2 is 1.71 bits per heavy atom. The normalized spacial score (nSPS) is 17.8. The summed E-state index contributed by atoms with van der Waals surface area (Å²) in [4.78, 5) is 11.5. The van der Waals surface area contributed by atoms with E-state index in [1.54, 1.807) is 4.90 Å². The van der Waals surface area contributed by atoms with E-state index in [-0.39, 0.29) is 11.6 Å². The van der Waals surface area contributed by atoms with E-state index in [9.17, 15) is 26.4 Å². The van der Waals surface area contributed by atoms with Crippen molar-refractivity contribution in [1.29, 1.82) is 0 Å². The molecule has 0 spiro atoms. The zero-order valence-corrected chi connectivity index (χ0v) is 11.8. The summed E-state index contributed by atoms with van der Waals surface area (Å²) in [5.74, 6) is -0.118. The van der Waals surface area contributed by atoms with Gasteiger partial charge < -0.3 is 9.69 Å². The van der Waals surface area contributed by atoms with E-state index in [0.717, 1.165) is 12.4 Å². The molecule has 1 aromatic rings. The molecule has 0 amide bonds. The highest BCUT2D eigenvalue weighted by Crippen LogP contribution is 2.36. The summed E-state index contributed by atoms with van der Waals surface area (Å²) in [6.07, 6.45) is 1.84. The quantitative estimate of drug-likeness (QED) is 0.802. The second kappa shape index (κ2) is 5.67. The number of hydrogen-bond donors (Lipinski definition) is 0. The van der Waals surface area contributed by atoms with Gasteiger partial charge in [0.05, 0.1) is 10.6 Å². The number of rotatable bonds is 3. The second-order valence-electron chi connectivity index (χ2n) is 4.88. The third-order valence-electron chi connectivity index (χ3n) is 3.53. The molecule has 0 atom stereocenters. The lowest BCUT2D eigenvalue weighted by Gasteiger charge is -2.32. The van der Waals surface area contributed by atoms with E-state index in [4.69, 9.17) is 0 Å². The molecule has 1 heterocycles. The Labute approximate surface area is 120 Å². The van der Waals surface area contributed by atoms with E-state index in [1.165, 1.54) is 18.2 Å². The summed E-state index contributed by atoms with van der Waals surface area (Å²) < 4.78 is 61.5. The van der Waals surface area contributed by atoms with Gasteiger partial charge in [-0.25, -0.2) is 8.42 Å². The van der Waals surface area contributed by atoms with E-state index in [1.807, 2.05) is 0 Å². The van der Waals surface area contributed by atoms with Crippen molar-refractivity contribution in [3.8, 4) is 0 Å². The number of carbonyl (C=O) groups excluding carboxylic acids is 1. The fourth-order valence-electron chi connectivity index (χ4n) is 2.35. The number of sulfone groups is 1. The number of nitrogens with zero attached hydrogens (tertiary/aromatic N) is 1. The maximum absolute atomic E-state index is 12.7. The van der Waals surface area contributed by atoms with Gasteiger partial charge in [0.15, 0.2) is 0 Å². The van der Waals surface area contributed by atoms with Crippen LogP contribution in [0.25, 0.3) is 0 Å². The molecule has 1 aliphatic heterocycles. The maximum Gasteiger partial charge on any atom is 0.501 e. The van der Waals surface area contributed by atoms with Gasteiger partial charge in [-0.2, -0.15) is 13.2 Å². The number of halogens is 3. The molecule has 0 bridgehead atoms. The number of para-hydroxylation sites is 1. The van der Waals surface area contributed by atoms with Crippen LogP contribution < -0.4 is 4.90 Å². The number of aldehydes is 1. The SMILES string of the molecule is O=CC1CCN(c2ccccc2S(=O)(=O)C(F)(F)F)CC1. The summed E-state index contributed by atoms with van der Waals surface area (Å²) in [6.45, 7) is 0.710. The Morgan fingerprint density at radius 1 is 1.14 bits per heavy atom. The number of piperidine rings is 1. The number of anilines is 1. The van der Waals surface area contributed by atoms with E-state index >= 15 is 0 Å². The summed E-state index contributed by atoms with van der Waals surface area (Å²) in [7, 11) is -5.39. The minimum Gasteiger partial charge on any atom is -0.370 e. The monoisotopic (exact) mass is 321 g/mol. The lowest BCUT2D eigenvalue weighted by Crippen LogP contribution is -2.35. The third kappa shape index (κ3) is 3.04. The molecule has 0 unspecified atom stereocenters. The van der Waals surface area contributed by atoms with Crippen LogP contribution in [0, 0.1) is 5.92 Å². The minimum absolute atomic E-state index is 0.0409. The molecule has 1 fully saturated rings. The van der Waals surface area contributed by atoms with Crippen LogP contribution in [-0.2, 0) is 14.6 Å². The fraction of sp³-hybridized carbons (Fsp3) is 0.462. The van der Waals surface area contributed by atoms with Crippen molar-refractivity contribution in [2.45, 2.75) is 23.2 Å². The van der Waals surface area contributed by atoms with E-state index in [2.05, 4.69) is 0 Å². The Hall–Kier alpha value is -1.57. The van der Waals surface area contributed by atoms with Crippen LogP contribution in [-0.4, -0.2) is 33.3 Å². The van der Waals surface area contributed by atoms with Crippen molar-refractivity contribution in [1.82, 2.24) is 0 Å².